The molecule has 4 aromatic carbocycles. The number of fused-ring (bicyclic) bond motifs is 2. The van der Waals surface area contributed by atoms with E-state index in [2.05, 4.69) is 93.1 Å². The highest BCUT2D eigenvalue weighted by Gasteiger charge is 2.23. The molecular formula is C45H45N2O5+. The van der Waals surface area contributed by atoms with Gasteiger partial charge in [0, 0.05) is 57.2 Å². The van der Waals surface area contributed by atoms with Gasteiger partial charge in [-0.05, 0) is 66.6 Å². The maximum absolute atomic E-state index is 13.6. The van der Waals surface area contributed by atoms with Crippen LogP contribution >= 0.6 is 0 Å². The summed E-state index contributed by atoms with van der Waals surface area (Å²) in [5, 5.41) is 5.44. The van der Waals surface area contributed by atoms with Crippen molar-refractivity contribution in [3.05, 3.63) is 143 Å². The van der Waals surface area contributed by atoms with E-state index in [1.807, 2.05) is 42.5 Å². The van der Waals surface area contributed by atoms with E-state index in [4.69, 9.17) is 13.9 Å². The Balaban J connectivity index is 1.53. The maximum atomic E-state index is 13.6. The lowest BCUT2D eigenvalue weighted by Gasteiger charge is -2.19. The van der Waals surface area contributed by atoms with Gasteiger partial charge >= 0.3 is 11.9 Å². The number of hydrogen-bond acceptors (Lipinski definition) is 6. The number of benzene rings is 5. The molecule has 2 N–H and O–H groups in total. The molecule has 0 spiro atoms. The van der Waals surface area contributed by atoms with Crippen LogP contribution in [0, 0.1) is 0 Å². The van der Waals surface area contributed by atoms with Crippen LogP contribution < -0.4 is 15.7 Å². The van der Waals surface area contributed by atoms with E-state index >= 15 is 0 Å². The third kappa shape index (κ3) is 7.54. The molecule has 0 amide bonds. The zero-order chi connectivity index (χ0) is 36.6. The summed E-state index contributed by atoms with van der Waals surface area (Å²) >= 11 is 0. The summed E-state index contributed by atoms with van der Waals surface area (Å²) in [7, 11) is 0. The van der Waals surface area contributed by atoms with E-state index in [0.29, 0.717) is 22.5 Å². The Morgan fingerprint density at radius 1 is 0.731 bits per heavy atom. The molecule has 0 fully saturated rings. The number of esters is 2. The van der Waals surface area contributed by atoms with E-state index in [-0.39, 0.29) is 13.2 Å². The van der Waals surface area contributed by atoms with Crippen LogP contribution in [0.15, 0.2) is 114 Å². The van der Waals surface area contributed by atoms with Gasteiger partial charge < -0.3 is 19.2 Å². The van der Waals surface area contributed by atoms with Crippen LogP contribution in [0.5, 0.6) is 0 Å². The van der Waals surface area contributed by atoms with Crippen LogP contribution in [0.3, 0.4) is 0 Å². The van der Waals surface area contributed by atoms with Crippen LogP contribution in [0.4, 0.5) is 17.1 Å². The van der Waals surface area contributed by atoms with Crippen molar-refractivity contribution in [2.45, 2.75) is 53.4 Å². The summed E-state index contributed by atoms with van der Waals surface area (Å²) in [4.78, 5) is 28.7. The lowest BCUT2D eigenvalue weighted by Crippen LogP contribution is -2.71. The second-order valence-electron chi connectivity index (χ2n) is 12.5. The Bertz CT molecular complexity index is 2260. The first-order valence-corrected chi connectivity index (χ1v) is 18.0. The fraction of sp³-hybridized carbons (Fsp3) is 0.222. The number of aryl methyl sites for hydroxylation is 4. The Labute approximate surface area is 305 Å². The highest BCUT2D eigenvalue weighted by molar-refractivity contribution is 6.08. The van der Waals surface area contributed by atoms with Gasteiger partial charge in [0.05, 0.1) is 11.6 Å². The highest BCUT2D eigenvalue weighted by atomic mass is 16.6. The van der Waals surface area contributed by atoms with Crippen molar-refractivity contribution in [3.63, 3.8) is 0 Å². The minimum absolute atomic E-state index is 0.0673. The van der Waals surface area contributed by atoms with Crippen LogP contribution in [0.1, 0.15) is 60.3 Å². The molecule has 4 aromatic rings. The van der Waals surface area contributed by atoms with Crippen molar-refractivity contribution in [2.24, 2.45) is 0 Å². The van der Waals surface area contributed by atoms with Gasteiger partial charge in [-0.1, -0.05) is 88.9 Å². The molecule has 1 aliphatic carbocycles. The molecule has 264 valence electrons. The predicted octanol–water partition coefficient (Wildman–Crippen LogP) is 8.40. The monoisotopic (exact) mass is 693 g/mol. The third-order valence-electron chi connectivity index (χ3n) is 9.40. The topological polar surface area (TPSA) is 91.7 Å². The van der Waals surface area contributed by atoms with Gasteiger partial charge in [0.15, 0.2) is 0 Å². The van der Waals surface area contributed by atoms with Crippen molar-refractivity contribution < 1.29 is 28.5 Å². The highest BCUT2D eigenvalue weighted by Crippen LogP contribution is 2.42. The number of para-hydroxylation sites is 2. The van der Waals surface area contributed by atoms with Crippen molar-refractivity contribution in [1.29, 1.82) is 0 Å². The molecule has 1 heterocycles. The van der Waals surface area contributed by atoms with Gasteiger partial charge in [-0.3, -0.25) is 0 Å². The number of rotatable bonds is 13. The molecule has 7 nitrogen and oxygen atoms in total. The van der Waals surface area contributed by atoms with Crippen LogP contribution in [0.25, 0.3) is 33.4 Å². The van der Waals surface area contributed by atoms with E-state index in [9.17, 15) is 9.59 Å². The zero-order valence-electron chi connectivity index (χ0n) is 30.3. The largest absolute Gasteiger partial charge is 0.459 e. The van der Waals surface area contributed by atoms with Crippen molar-refractivity contribution in [2.75, 3.05) is 18.5 Å². The van der Waals surface area contributed by atoms with Crippen LogP contribution in [-0.4, -0.2) is 25.2 Å². The Hall–Kier alpha value is -5.95. The van der Waals surface area contributed by atoms with Crippen LogP contribution in [0.2, 0.25) is 0 Å². The van der Waals surface area contributed by atoms with E-state index < -0.39 is 11.9 Å². The summed E-state index contributed by atoms with van der Waals surface area (Å²) in [6, 6.07) is 32.5. The minimum atomic E-state index is -0.571. The normalized spacial score (nSPS) is 11.5. The van der Waals surface area contributed by atoms with E-state index in [1.54, 1.807) is 6.07 Å². The summed E-state index contributed by atoms with van der Waals surface area (Å²) in [6.45, 7) is 11.9. The first-order chi connectivity index (χ1) is 25.4. The molecule has 6 rings (SSSR count). The Morgan fingerprint density at radius 3 is 2.06 bits per heavy atom. The quantitative estimate of drug-likeness (QED) is 0.0547. The molecule has 7 heteroatoms. The zero-order valence-corrected chi connectivity index (χ0v) is 30.3. The third-order valence-corrected chi connectivity index (χ3v) is 9.40. The lowest BCUT2D eigenvalue weighted by atomic mass is 9.90. The average molecular weight is 694 g/mol. The molecule has 0 aromatic heterocycles. The number of anilines is 2. The van der Waals surface area contributed by atoms with Crippen molar-refractivity contribution in [3.8, 4) is 22.5 Å². The van der Waals surface area contributed by atoms with E-state index in [1.165, 1.54) is 22.3 Å². The number of hydrogen-bond donors (Lipinski definition) is 2. The Kier molecular flexibility index (Phi) is 11.3. The van der Waals surface area contributed by atoms with Gasteiger partial charge in [0.2, 0.25) is 11.0 Å². The van der Waals surface area contributed by atoms with Gasteiger partial charge in [-0.25, -0.2) is 14.6 Å². The second kappa shape index (κ2) is 16.4. The average Bonchev–Trinajstić information content (AvgIpc) is 3.18. The fourth-order valence-corrected chi connectivity index (χ4v) is 6.72. The lowest BCUT2D eigenvalue weighted by molar-refractivity contribution is -0.403. The number of ether oxygens (including phenoxy) is 2. The smallest absolute Gasteiger partial charge is 0.338 e. The first-order valence-electron chi connectivity index (χ1n) is 18.0. The van der Waals surface area contributed by atoms with Gasteiger partial charge in [-0.15, -0.1) is 0 Å². The molecule has 0 saturated heterocycles. The van der Waals surface area contributed by atoms with Crippen LogP contribution in [-0.2, 0) is 40.0 Å². The molecular weight excluding hydrogens is 649 g/mol. The number of carbonyl (C=O) groups excluding carboxylic acids is 2. The predicted molar refractivity (Wildman–Crippen MR) is 207 cm³/mol. The second-order valence-corrected chi connectivity index (χ2v) is 12.5. The van der Waals surface area contributed by atoms with Gasteiger partial charge in [0.25, 0.3) is 0 Å². The van der Waals surface area contributed by atoms with E-state index in [0.717, 1.165) is 70.7 Å². The summed E-state index contributed by atoms with van der Waals surface area (Å²) in [5.74, 6) is -0.423. The fourth-order valence-electron chi connectivity index (χ4n) is 6.72. The molecule has 0 atom stereocenters. The summed E-state index contributed by atoms with van der Waals surface area (Å²) in [6.07, 6.45) is 4.70. The maximum Gasteiger partial charge on any atom is 0.338 e. The van der Waals surface area contributed by atoms with Crippen molar-refractivity contribution >= 4 is 40.0 Å². The molecule has 0 unspecified atom stereocenters. The number of carbonyl (C=O) groups is 2. The van der Waals surface area contributed by atoms with Gasteiger partial charge in [0.1, 0.15) is 24.6 Å². The van der Waals surface area contributed by atoms with Gasteiger partial charge in [-0.2, -0.15) is 0 Å². The number of nitrogens with one attached hydrogen (secondary N) is 2. The molecule has 0 bridgehead atoms. The SMILES string of the molecule is C=CC(=O)OCCOC(=O)c1ccccc1-c1c2ccc(=[NH+]c3c(CC)cccc3CC)cc-2oc2cc(Nc3c(CC)cccc3CC)ccc12. The summed E-state index contributed by atoms with van der Waals surface area (Å²) < 4.78 is 17.3. The summed E-state index contributed by atoms with van der Waals surface area (Å²) in [5.41, 5.74) is 11.6. The molecule has 52 heavy (non-hydrogen) atoms. The molecule has 2 aliphatic rings. The Morgan fingerprint density at radius 2 is 1.38 bits per heavy atom. The molecule has 0 radical (unpaired) electrons. The minimum Gasteiger partial charge on any atom is -0.459 e. The molecule has 0 saturated carbocycles. The molecule has 1 aliphatic heterocycles. The van der Waals surface area contributed by atoms with Crippen molar-refractivity contribution in [1.82, 2.24) is 0 Å². The first kappa shape index (κ1) is 35.9. The standard InChI is InChI=1S/C45H44N2O5/c1-6-29-15-13-16-30(7-2)43(29)46-33-21-23-37-39(27-33)52-40-28-34(47-44-31(8-3)17-14-18-32(44)9-4)22-24-38(40)42(37)35-19-11-12-20-36(35)45(49)51-26-25-50-41(48)10-5/h10-24,27-28,46H,5-9,25-26H2,1-4H3/p+1.